The summed E-state index contributed by atoms with van der Waals surface area (Å²) in [5.41, 5.74) is 2.10. The molecule has 0 saturated carbocycles. The lowest BCUT2D eigenvalue weighted by Gasteiger charge is -2.31. The number of nitrogens with zero attached hydrogens (tertiary/aromatic N) is 3. The van der Waals surface area contributed by atoms with E-state index in [-0.39, 0.29) is 11.9 Å². The molecule has 0 N–H and O–H groups in total. The van der Waals surface area contributed by atoms with E-state index in [4.69, 9.17) is 9.47 Å². The molecule has 0 spiro atoms. The first-order valence-electron chi connectivity index (χ1n) is 8.88. The Hall–Kier alpha value is -2.76. The standard InChI is InChI=1S/C20H23N3O3/c1-22-18(20(24)23-13-5-4-6-14(23)8-7-13)12-17(21-22)16-11-15(25-2)9-10-19(16)26-3/h4-5,9-14H,6-8H2,1-3H3. The van der Waals surface area contributed by atoms with Gasteiger partial charge in [0, 0.05) is 18.7 Å². The van der Waals surface area contributed by atoms with E-state index in [1.54, 1.807) is 18.9 Å². The van der Waals surface area contributed by atoms with Crippen LogP contribution in [-0.2, 0) is 7.05 Å². The van der Waals surface area contributed by atoms with E-state index in [1.807, 2.05) is 36.2 Å². The minimum Gasteiger partial charge on any atom is -0.497 e. The van der Waals surface area contributed by atoms with Crippen LogP contribution in [0.15, 0.2) is 36.4 Å². The molecular formula is C20H23N3O3. The molecule has 136 valence electrons. The molecule has 1 saturated heterocycles. The molecule has 1 aromatic carbocycles. The highest BCUT2D eigenvalue weighted by Crippen LogP contribution is 2.35. The Kier molecular flexibility index (Phi) is 4.18. The summed E-state index contributed by atoms with van der Waals surface area (Å²) in [5, 5.41) is 4.57. The van der Waals surface area contributed by atoms with Crippen molar-refractivity contribution in [3.05, 3.63) is 42.1 Å². The molecule has 0 aliphatic carbocycles. The van der Waals surface area contributed by atoms with Gasteiger partial charge in [-0.15, -0.1) is 0 Å². The number of fused-ring (bicyclic) bond motifs is 2. The van der Waals surface area contributed by atoms with E-state index in [0.29, 0.717) is 23.2 Å². The van der Waals surface area contributed by atoms with Gasteiger partial charge in [0.2, 0.25) is 0 Å². The number of rotatable bonds is 4. The van der Waals surface area contributed by atoms with Gasteiger partial charge in [-0.1, -0.05) is 12.2 Å². The fourth-order valence-corrected chi connectivity index (χ4v) is 3.99. The first-order chi connectivity index (χ1) is 12.6. The fraction of sp³-hybridized carbons (Fsp3) is 0.400. The van der Waals surface area contributed by atoms with Crippen LogP contribution < -0.4 is 9.47 Å². The number of benzene rings is 1. The highest BCUT2D eigenvalue weighted by atomic mass is 16.5. The van der Waals surface area contributed by atoms with Crippen molar-refractivity contribution in [3.8, 4) is 22.8 Å². The normalized spacial score (nSPS) is 21.1. The number of hydrogen-bond donors (Lipinski definition) is 0. The van der Waals surface area contributed by atoms with Crippen LogP contribution in [0.2, 0.25) is 0 Å². The number of carbonyl (C=O) groups excluding carboxylic acids is 1. The van der Waals surface area contributed by atoms with Gasteiger partial charge in [0.25, 0.3) is 5.91 Å². The number of aromatic nitrogens is 2. The predicted octanol–water partition coefficient (Wildman–Crippen LogP) is 3.04. The molecule has 26 heavy (non-hydrogen) atoms. The van der Waals surface area contributed by atoms with Crippen LogP contribution in [0.3, 0.4) is 0 Å². The molecule has 2 aliphatic heterocycles. The SMILES string of the molecule is COc1ccc(OC)c(-c2cc(C(=O)N3C4C=CCC3CC4)n(C)n2)c1. The van der Waals surface area contributed by atoms with Crippen LogP contribution in [-0.4, -0.2) is 46.9 Å². The van der Waals surface area contributed by atoms with Gasteiger partial charge < -0.3 is 14.4 Å². The van der Waals surface area contributed by atoms with Gasteiger partial charge in [-0.05, 0) is 43.5 Å². The minimum absolute atomic E-state index is 0.0463. The molecule has 4 rings (SSSR count). The Morgan fingerprint density at radius 2 is 2.04 bits per heavy atom. The Bertz CT molecular complexity index is 871. The lowest BCUT2D eigenvalue weighted by atomic mass is 10.1. The van der Waals surface area contributed by atoms with Crippen LogP contribution in [0.4, 0.5) is 0 Å². The molecule has 6 heteroatoms. The van der Waals surface area contributed by atoms with Crippen molar-refractivity contribution in [2.75, 3.05) is 14.2 Å². The topological polar surface area (TPSA) is 56.6 Å². The first-order valence-corrected chi connectivity index (χ1v) is 8.88. The molecule has 1 fully saturated rings. The second kappa shape index (κ2) is 6.52. The summed E-state index contributed by atoms with van der Waals surface area (Å²) in [4.78, 5) is 15.2. The monoisotopic (exact) mass is 353 g/mol. The zero-order valence-corrected chi connectivity index (χ0v) is 15.3. The smallest absolute Gasteiger partial charge is 0.272 e. The summed E-state index contributed by atoms with van der Waals surface area (Å²) in [6.07, 6.45) is 7.40. The van der Waals surface area contributed by atoms with Crippen molar-refractivity contribution in [3.63, 3.8) is 0 Å². The molecule has 2 aromatic rings. The number of carbonyl (C=O) groups is 1. The van der Waals surface area contributed by atoms with Gasteiger partial charge >= 0.3 is 0 Å². The van der Waals surface area contributed by atoms with Gasteiger partial charge in [-0.25, -0.2) is 0 Å². The molecule has 2 atom stereocenters. The average molecular weight is 353 g/mol. The lowest BCUT2D eigenvalue weighted by molar-refractivity contribution is 0.0677. The molecule has 1 aromatic heterocycles. The summed E-state index contributed by atoms with van der Waals surface area (Å²) >= 11 is 0. The van der Waals surface area contributed by atoms with Gasteiger partial charge in [-0.2, -0.15) is 5.10 Å². The van der Waals surface area contributed by atoms with Crippen LogP contribution in [0.25, 0.3) is 11.3 Å². The van der Waals surface area contributed by atoms with Gasteiger partial charge in [-0.3, -0.25) is 9.48 Å². The Labute approximate surface area is 153 Å². The summed E-state index contributed by atoms with van der Waals surface area (Å²) < 4.78 is 12.4. The Morgan fingerprint density at radius 3 is 2.77 bits per heavy atom. The molecule has 1 amide bonds. The van der Waals surface area contributed by atoms with Crippen molar-refractivity contribution < 1.29 is 14.3 Å². The van der Waals surface area contributed by atoms with Crippen molar-refractivity contribution in [1.82, 2.24) is 14.7 Å². The summed E-state index contributed by atoms with van der Waals surface area (Å²) in [5.74, 6) is 1.47. The zero-order valence-electron chi connectivity index (χ0n) is 15.3. The fourth-order valence-electron chi connectivity index (χ4n) is 3.99. The van der Waals surface area contributed by atoms with E-state index in [2.05, 4.69) is 17.3 Å². The predicted molar refractivity (Wildman–Crippen MR) is 98.5 cm³/mol. The van der Waals surface area contributed by atoms with Gasteiger partial charge in [0.1, 0.15) is 17.2 Å². The highest BCUT2D eigenvalue weighted by molar-refractivity contribution is 5.95. The number of ether oxygens (including phenoxy) is 2. The number of hydrogen-bond acceptors (Lipinski definition) is 4. The number of amides is 1. The molecule has 2 bridgehead atoms. The highest BCUT2D eigenvalue weighted by Gasteiger charge is 2.38. The molecule has 2 aliphatic rings. The zero-order chi connectivity index (χ0) is 18.3. The van der Waals surface area contributed by atoms with Crippen molar-refractivity contribution >= 4 is 5.91 Å². The largest absolute Gasteiger partial charge is 0.497 e. The van der Waals surface area contributed by atoms with Crippen LogP contribution in [0, 0.1) is 0 Å². The van der Waals surface area contributed by atoms with E-state index in [9.17, 15) is 4.79 Å². The van der Waals surface area contributed by atoms with E-state index < -0.39 is 0 Å². The summed E-state index contributed by atoms with van der Waals surface area (Å²) in [7, 11) is 5.06. The van der Waals surface area contributed by atoms with Crippen molar-refractivity contribution in [2.45, 2.75) is 31.3 Å². The third-order valence-electron chi connectivity index (χ3n) is 5.33. The van der Waals surface area contributed by atoms with Crippen LogP contribution >= 0.6 is 0 Å². The maximum atomic E-state index is 13.2. The maximum Gasteiger partial charge on any atom is 0.272 e. The number of methoxy groups -OCH3 is 2. The van der Waals surface area contributed by atoms with E-state index >= 15 is 0 Å². The Morgan fingerprint density at radius 1 is 1.19 bits per heavy atom. The second-order valence-corrected chi connectivity index (χ2v) is 6.78. The Balaban J connectivity index is 1.70. The van der Waals surface area contributed by atoms with Gasteiger partial charge in [0.15, 0.2) is 0 Å². The van der Waals surface area contributed by atoms with Crippen LogP contribution in [0.5, 0.6) is 11.5 Å². The van der Waals surface area contributed by atoms with E-state index in [1.165, 1.54) is 0 Å². The second-order valence-electron chi connectivity index (χ2n) is 6.78. The number of aryl methyl sites for hydroxylation is 1. The molecule has 2 unspecified atom stereocenters. The molecular weight excluding hydrogens is 330 g/mol. The quantitative estimate of drug-likeness (QED) is 0.793. The molecule has 0 radical (unpaired) electrons. The third kappa shape index (κ3) is 2.66. The van der Waals surface area contributed by atoms with Crippen molar-refractivity contribution in [1.29, 1.82) is 0 Å². The lowest BCUT2D eigenvalue weighted by Crippen LogP contribution is -2.42. The summed E-state index contributed by atoms with van der Waals surface area (Å²) in [6, 6.07) is 7.93. The molecule has 6 nitrogen and oxygen atoms in total. The summed E-state index contributed by atoms with van der Waals surface area (Å²) in [6.45, 7) is 0. The third-order valence-corrected chi connectivity index (χ3v) is 5.33. The van der Waals surface area contributed by atoms with E-state index in [0.717, 1.165) is 30.6 Å². The molecule has 3 heterocycles. The minimum atomic E-state index is 0.0463. The average Bonchev–Trinajstić information content (AvgIpc) is 3.17. The maximum absolute atomic E-state index is 13.2. The van der Waals surface area contributed by atoms with Gasteiger partial charge in [0.05, 0.1) is 26.0 Å². The first kappa shape index (κ1) is 16.7. The van der Waals surface area contributed by atoms with Crippen LogP contribution in [0.1, 0.15) is 29.8 Å². The van der Waals surface area contributed by atoms with Crippen molar-refractivity contribution in [2.24, 2.45) is 7.05 Å².